The van der Waals surface area contributed by atoms with E-state index in [1.165, 1.54) is 22.3 Å². The highest BCUT2D eigenvalue weighted by Crippen LogP contribution is 2.23. The average Bonchev–Trinajstić information content (AvgIpc) is 2.39. The van der Waals surface area contributed by atoms with Crippen LogP contribution in [0.5, 0.6) is 0 Å². The second-order valence-electron chi connectivity index (χ2n) is 3.72. The fraction of sp³-hybridized carbons (Fsp3) is 0.143. The minimum Gasteiger partial charge on any atom is -0.175 e. The fourth-order valence-electron chi connectivity index (χ4n) is 1.74. The van der Waals surface area contributed by atoms with Gasteiger partial charge in [-0.1, -0.05) is 48.5 Å². The highest BCUT2D eigenvalue weighted by molar-refractivity contribution is 7.79. The number of rotatable bonds is 3. The van der Waals surface area contributed by atoms with E-state index >= 15 is 0 Å². The van der Waals surface area contributed by atoms with Crippen LogP contribution in [0.3, 0.4) is 0 Å². The van der Waals surface area contributed by atoms with E-state index in [0.29, 0.717) is 0 Å². The first-order valence-electron chi connectivity index (χ1n) is 5.23. The van der Waals surface area contributed by atoms with Crippen molar-refractivity contribution in [2.75, 3.05) is 0 Å². The van der Waals surface area contributed by atoms with E-state index in [0.717, 1.165) is 11.5 Å². The molecule has 0 amide bonds. The van der Waals surface area contributed by atoms with Crippen molar-refractivity contribution in [3.63, 3.8) is 0 Å². The molecule has 0 fully saturated rings. The van der Waals surface area contributed by atoms with Crippen LogP contribution >= 0.6 is 25.3 Å². The highest BCUT2D eigenvalue weighted by Gasteiger charge is 2.01. The van der Waals surface area contributed by atoms with Crippen molar-refractivity contribution < 1.29 is 0 Å². The van der Waals surface area contributed by atoms with Crippen LogP contribution in [0, 0.1) is 0 Å². The molecule has 0 saturated heterocycles. The van der Waals surface area contributed by atoms with Gasteiger partial charge in [0.05, 0.1) is 0 Å². The molecular weight excluding hydrogens is 232 g/mol. The molecule has 0 atom stereocenters. The Labute approximate surface area is 108 Å². The number of hydrogen-bond acceptors (Lipinski definition) is 2. The summed E-state index contributed by atoms with van der Waals surface area (Å²) in [6, 6.07) is 16.9. The van der Waals surface area contributed by atoms with Crippen molar-refractivity contribution in [2.45, 2.75) is 11.5 Å². The summed E-state index contributed by atoms with van der Waals surface area (Å²) < 4.78 is 0. The minimum atomic E-state index is 0.765. The molecular formula is C14H14S2. The molecule has 0 aliphatic carbocycles. The van der Waals surface area contributed by atoms with Crippen molar-refractivity contribution in [1.29, 1.82) is 0 Å². The Hall–Kier alpha value is -0.860. The smallest absolute Gasteiger partial charge is 0.0154 e. The summed E-state index contributed by atoms with van der Waals surface area (Å²) in [4.78, 5) is 0. The van der Waals surface area contributed by atoms with Gasteiger partial charge in [0.2, 0.25) is 0 Å². The Morgan fingerprint density at radius 1 is 0.688 bits per heavy atom. The Morgan fingerprint density at radius 3 is 1.75 bits per heavy atom. The van der Waals surface area contributed by atoms with Gasteiger partial charge in [-0.15, -0.1) is 0 Å². The first kappa shape index (κ1) is 11.6. The molecule has 0 bridgehead atoms. The lowest BCUT2D eigenvalue weighted by Gasteiger charge is -2.07. The largest absolute Gasteiger partial charge is 0.175 e. The monoisotopic (exact) mass is 246 g/mol. The van der Waals surface area contributed by atoms with Gasteiger partial charge in [-0.25, -0.2) is 0 Å². The summed E-state index contributed by atoms with van der Waals surface area (Å²) in [6.45, 7) is 0. The summed E-state index contributed by atoms with van der Waals surface area (Å²) in [5.41, 5.74) is 4.98. The predicted molar refractivity (Wildman–Crippen MR) is 77.3 cm³/mol. The summed E-state index contributed by atoms with van der Waals surface area (Å²) in [5, 5.41) is 0. The van der Waals surface area contributed by atoms with Crippen LogP contribution in [0.15, 0.2) is 48.5 Å². The standard InChI is InChI=1S/C14H14S2/c15-9-11-6-12(10-16)8-14(7-11)13-4-2-1-3-5-13/h1-8,15-16H,9-10H2. The molecule has 0 radical (unpaired) electrons. The molecule has 16 heavy (non-hydrogen) atoms. The van der Waals surface area contributed by atoms with Gasteiger partial charge in [0.25, 0.3) is 0 Å². The molecule has 0 N–H and O–H groups in total. The zero-order chi connectivity index (χ0) is 11.4. The zero-order valence-corrected chi connectivity index (χ0v) is 10.7. The van der Waals surface area contributed by atoms with Gasteiger partial charge in [-0.05, 0) is 22.3 Å². The van der Waals surface area contributed by atoms with Crippen LogP contribution in [-0.4, -0.2) is 0 Å². The summed E-state index contributed by atoms with van der Waals surface area (Å²) in [6.07, 6.45) is 0. The molecule has 0 nitrogen and oxygen atoms in total. The van der Waals surface area contributed by atoms with Gasteiger partial charge in [-0.3, -0.25) is 0 Å². The van der Waals surface area contributed by atoms with E-state index in [2.05, 4.69) is 67.7 Å². The van der Waals surface area contributed by atoms with Crippen molar-refractivity contribution >= 4 is 25.3 Å². The van der Waals surface area contributed by atoms with E-state index < -0.39 is 0 Å². The molecule has 0 spiro atoms. The second kappa shape index (κ2) is 5.46. The second-order valence-corrected chi connectivity index (χ2v) is 4.35. The molecule has 82 valence electrons. The summed E-state index contributed by atoms with van der Waals surface area (Å²) in [5.74, 6) is 1.53. The van der Waals surface area contributed by atoms with Crippen molar-refractivity contribution in [1.82, 2.24) is 0 Å². The molecule has 2 aromatic carbocycles. The number of thiol groups is 2. The molecule has 2 aromatic rings. The minimum absolute atomic E-state index is 0.765. The lowest BCUT2D eigenvalue weighted by molar-refractivity contribution is 1.34. The van der Waals surface area contributed by atoms with Crippen molar-refractivity contribution in [2.24, 2.45) is 0 Å². The van der Waals surface area contributed by atoms with Gasteiger partial charge in [0, 0.05) is 11.5 Å². The van der Waals surface area contributed by atoms with Crippen molar-refractivity contribution in [3.8, 4) is 11.1 Å². The fourth-order valence-corrected chi connectivity index (χ4v) is 2.11. The normalized spacial score (nSPS) is 10.4. The predicted octanol–water partition coefficient (Wildman–Crippen LogP) is 4.21. The molecule has 2 rings (SSSR count). The van der Waals surface area contributed by atoms with E-state index in [1.54, 1.807) is 0 Å². The average molecular weight is 246 g/mol. The van der Waals surface area contributed by atoms with E-state index in [4.69, 9.17) is 0 Å². The number of benzene rings is 2. The Balaban J connectivity index is 2.48. The van der Waals surface area contributed by atoms with Crippen LogP contribution in [0.25, 0.3) is 11.1 Å². The van der Waals surface area contributed by atoms with Crippen LogP contribution < -0.4 is 0 Å². The topological polar surface area (TPSA) is 0 Å². The first-order chi connectivity index (χ1) is 7.83. The number of hydrogen-bond donors (Lipinski definition) is 2. The Bertz CT molecular complexity index is 441. The summed E-state index contributed by atoms with van der Waals surface area (Å²) in [7, 11) is 0. The molecule has 0 unspecified atom stereocenters. The Kier molecular flexibility index (Phi) is 3.97. The molecule has 0 saturated carbocycles. The van der Waals surface area contributed by atoms with Crippen LogP contribution in [0.4, 0.5) is 0 Å². The van der Waals surface area contributed by atoms with Crippen molar-refractivity contribution in [3.05, 3.63) is 59.7 Å². The van der Waals surface area contributed by atoms with Crippen LogP contribution in [0.2, 0.25) is 0 Å². The lowest BCUT2D eigenvalue weighted by atomic mass is 10.0. The molecule has 2 heteroatoms. The maximum atomic E-state index is 4.33. The third-order valence-electron chi connectivity index (χ3n) is 2.52. The van der Waals surface area contributed by atoms with Crippen LogP contribution in [0.1, 0.15) is 11.1 Å². The molecule has 0 aliphatic rings. The Morgan fingerprint density at radius 2 is 1.25 bits per heavy atom. The third-order valence-corrected chi connectivity index (χ3v) is 3.26. The van der Waals surface area contributed by atoms with E-state index in [1.807, 2.05) is 6.07 Å². The van der Waals surface area contributed by atoms with Gasteiger partial charge in [0.15, 0.2) is 0 Å². The zero-order valence-electron chi connectivity index (χ0n) is 8.93. The lowest BCUT2D eigenvalue weighted by Crippen LogP contribution is -1.87. The van der Waals surface area contributed by atoms with Gasteiger partial charge in [-0.2, -0.15) is 25.3 Å². The van der Waals surface area contributed by atoms with Crippen LogP contribution in [-0.2, 0) is 11.5 Å². The maximum Gasteiger partial charge on any atom is 0.0154 e. The molecule has 0 heterocycles. The van der Waals surface area contributed by atoms with E-state index in [9.17, 15) is 0 Å². The van der Waals surface area contributed by atoms with E-state index in [-0.39, 0.29) is 0 Å². The van der Waals surface area contributed by atoms with Gasteiger partial charge >= 0.3 is 0 Å². The molecule has 0 aliphatic heterocycles. The third kappa shape index (κ3) is 2.63. The quantitative estimate of drug-likeness (QED) is 0.745. The summed E-state index contributed by atoms with van der Waals surface area (Å²) >= 11 is 8.66. The first-order valence-corrected chi connectivity index (χ1v) is 6.50. The van der Waals surface area contributed by atoms with Gasteiger partial charge in [0.1, 0.15) is 0 Å². The highest BCUT2D eigenvalue weighted by atomic mass is 32.1. The maximum absolute atomic E-state index is 4.33. The SMILES string of the molecule is SCc1cc(CS)cc(-c2ccccc2)c1. The molecule has 0 aromatic heterocycles. The van der Waals surface area contributed by atoms with Gasteiger partial charge < -0.3 is 0 Å².